The van der Waals surface area contributed by atoms with Gasteiger partial charge in [0.05, 0.1) is 0 Å². The zero-order chi connectivity index (χ0) is 16.7. The van der Waals surface area contributed by atoms with Crippen LogP contribution in [0, 0.1) is 11.3 Å². The van der Waals surface area contributed by atoms with Crippen molar-refractivity contribution in [2.45, 2.75) is 44.9 Å². The number of nitrogens with zero attached hydrogens (tertiary/aromatic N) is 3. The van der Waals surface area contributed by atoms with Crippen molar-refractivity contribution < 1.29 is 10.2 Å². The van der Waals surface area contributed by atoms with Gasteiger partial charge in [0.25, 0.3) is 0 Å². The van der Waals surface area contributed by atoms with Gasteiger partial charge in [0.15, 0.2) is 6.23 Å². The van der Waals surface area contributed by atoms with E-state index in [1.54, 1.807) is 0 Å². The summed E-state index contributed by atoms with van der Waals surface area (Å²) in [5.74, 6) is -0.0714. The third kappa shape index (κ3) is 2.77. The molecule has 1 aromatic carbocycles. The fraction of sp³-hybridized carbons (Fsp3) is 0.529. The van der Waals surface area contributed by atoms with E-state index in [-0.39, 0.29) is 5.92 Å². The quantitative estimate of drug-likeness (QED) is 0.901. The molecule has 1 heterocycles. The van der Waals surface area contributed by atoms with Crippen LogP contribution in [0.1, 0.15) is 38.5 Å². The molecule has 0 amide bonds. The Kier molecular flexibility index (Phi) is 4.21. The normalized spacial score (nSPS) is 28.0. The summed E-state index contributed by atoms with van der Waals surface area (Å²) >= 11 is 5.94. The zero-order valence-electron chi connectivity index (χ0n) is 13.4. The van der Waals surface area contributed by atoms with E-state index in [2.05, 4.69) is 10.1 Å². The molecule has 2 aromatic rings. The van der Waals surface area contributed by atoms with E-state index in [0.717, 1.165) is 18.4 Å². The van der Waals surface area contributed by atoms with Gasteiger partial charge in [-0.2, -0.15) is 5.10 Å². The molecule has 1 aliphatic rings. The maximum Gasteiger partial charge on any atom is 0.178 e. The van der Waals surface area contributed by atoms with Gasteiger partial charge in [0.1, 0.15) is 18.3 Å². The van der Waals surface area contributed by atoms with E-state index >= 15 is 0 Å². The lowest BCUT2D eigenvalue weighted by molar-refractivity contribution is -0.189. The Morgan fingerprint density at radius 3 is 2.65 bits per heavy atom. The van der Waals surface area contributed by atoms with Gasteiger partial charge in [0, 0.05) is 5.02 Å². The molecule has 0 aliphatic heterocycles. The predicted octanol–water partition coefficient (Wildman–Crippen LogP) is 2.83. The Balaban J connectivity index is 1.91. The molecular weight excluding hydrogens is 314 g/mol. The van der Waals surface area contributed by atoms with E-state index in [4.69, 9.17) is 11.6 Å². The number of rotatable bonds is 4. The highest BCUT2D eigenvalue weighted by Crippen LogP contribution is 2.54. The van der Waals surface area contributed by atoms with Crippen molar-refractivity contribution in [1.29, 1.82) is 0 Å². The standard InChI is InChI=1S/C17H22ClN3O2/c1-16(2)8-7-13(9-12-3-5-14(18)6-4-12)17(16,23)15(22)21-11-19-10-20-21/h3-6,10-11,13,15,22-23H,7-9H2,1-2H3. The molecule has 1 saturated carbocycles. The lowest BCUT2D eigenvalue weighted by Gasteiger charge is -2.43. The van der Waals surface area contributed by atoms with Crippen LogP contribution in [0.3, 0.4) is 0 Å². The molecular formula is C17H22ClN3O2. The first kappa shape index (κ1) is 16.4. The summed E-state index contributed by atoms with van der Waals surface area (Å²) in [4.78, 5) is 3.88. The number of benzene rings is 1. The zero-order valence-corrected chi connectivity index (χ0v) is 14.1. The van der Waals surface area contributed by atoms with Gasteiger partial charge in [-0.15, -0.1) is 0 Å². The van der Waals surface area contributed by atoms with Crippen molar-refractivity contribution >= 4 is 11.6 Å². The van der Waals surface area contributed by atoms with Gasteiger partial charge < -0.3 is 10.2 Å². The van der Waals surface area contributed by atoms with Crippen LogP contribution < -0.4 is 0 Å². The third-order valence-corrected chi connectivity index (χ3v) is 5.55. The maximum absolute atomic E-state index is 11.5. The monoisotopic (exact) mass is 335 g/mol. The molecule has 0 radical (unpaired) electrons. The largest absolute Gasteiger partial charge is 0.384 e. The highest BCUT2D eigenvalue weighted by Gasteiger charge is 2.59. The molecule has 3 unspecified atom stereocenters. The summed E-state index contributed by atoms with van der Waals surface area (Å²) in [6.07, 6.45) is 4.05. The second-order valence-corrected chi connectivity index (χ2v) is 7.46. The molecule has 124 valence electrons. The maximum atomic E-state index is 11.5. The number of hydrogen-bond donors (Lipinski definition) is 2. The average molecular weight is 336 g/mol. The Hall–Kier alpha value is -1.43. The molecule has 2 N–H and O–H groups in total. The number of halogens is 1. The average Bonchev–Trinajstić information content (AvgIpc) is 3.12. The Labute approximate surface area is 140 Å². The van der Waals surface area contributed by atoms with Crippen molar-refractivity contribution in [3.05, 3.63) is 47.5 Å². The van der Waals surface area contributed by atoms with Crippen LogP contribution in [-0.2, 0) is 6.42 Å². The van der Waals surface area contributed by atoms with Crippen LogP contribution in [0.2, 0.25) is 5.02 Å². The molecule has 0 bridgehead atoms. The van der Waals surface area contributed by atoms with Gasteiger partial charge in [-0.1, -0.05) is 37.6 Å². The van der Waals surface area contributed by atoms with E-state index in [0.29, 0.717) is 11.4 Å². The SMILES string of the molecule is CC1(C)CCC(Cc2ccc(Cl)cc2)C1(O)C(O)n1cncn1. The first-order chi connectivity index (χ1) is 10.8. The van der Waals surface area contributed by atoms with Crippen LogP contribution in [0.15, 0.2) is 36.9 Å². The Bertz CT molecular complexity index is 657. The molecule has 1 aliphatic carbocycles. The molecule has 0 saturated heterocycles. The second kappa shape index (κ2) is 5.89. The first-order valence-electron chi connectivity index (χ1n) is 7.83. The van der Waals surface area contributed by atoms with Gasteiger partial charge in [-0.05, 0) is 48.3 Å². The van der Waals surface area contributed by atoms with Gasteiger partial charge in [-0.3, -0.25) is 0 Å². The molecule has 0 spiro atoms. The molecule has 23 heavy (non-hydrogen) atoms. The highest BCUT2D eigenvalue weighted by molar-refractivity contribution is 6.30. The van der Waals surface area contributed by atoms with Crippen molar-refractivity contribution in [2.75, 3.05) is 0 Å². The second-order valence-electron chi connectivity index (χ2n) is 7.02. The van der Waals surface area contributed by atoms with Crippen molar-refractivity contribution in [2.24, 2.45) is 11.3 Å². The summed E-state index contributed by atoms with van der Waals surface area (Å²) in [5, 5.41) is 27.0. The summed E-state index contributed by atoms with van der Waals surface area (Å²) in [5.41, 5.74) is -0.600. The van der Waals surface area contributed by atoms with E-state index in [1.165, 1.54) is 17.3 Å². The Morgan fingerprint density at radius 2 is 2.04 bits per heavy atom. The summed E-state index contributed by atoms with van der Waals surface area (Å²) in [6.45, 7) is 3.99. The predicted molar refractivity (Wildman–Crippen MR) is 87.9 cm³/mol. The molecule has 3 atom stereocenters. The third-order valence-electron chi connectivity index (χ3n) is 5.30. The first-order valence-corrected chi connectivity index (χ1v) is 8.21. The molecule has 3 rings (SSSR count). The topological polar surface area (TPSA) is 71.2 Å². The minimum absolute atomic E-state index is 0.0714. The number of aliphatic hydroxyl groups is 2. The fourth-order valence-corrected chi connectivity index (χ4v) is 3.90. The minimum Gasteiger partial charge on any atom is -0.384 e. The highest BCUT2D eigenvalue weighted by atomic mass is 35.5. The van der Waals surface area contributed by atoms with Crippen molar-refractivity contribution in [3.63, 3.8) is 0 Å². The molecule has 1 aromatic heterocycles. The van der Waals surface area contributed by atoms with Crippen molar-refractivity contribution in [3.8, 4) is 0 Å². The van der Waals surface area contributed by atoms with Crippen LogP contribution in [0.25, 0.3) is 0 Å². The van der Waals surface area contributed by atoms with Crippen LogP contribution in [0.5, 0.6) is 0 Å². The Morgan fingerprint density at radius 1 is 1.35 bits per heavy atom. The molecule has 6 heteroatoms. The summed E-state index contributed by atoms with van der Waals surface area (Å²) < 4.78 is 1.34. The lowest BCUT2D eigenvalue weighted by atomic mass is 9.71. The number of aromatic nitrogens is 3. The van der Waals surface area contributed by atoms with Gasteiger partial charge >= 0.3 is 0 Å². The smallest absolute Gasteiger partial charge is 0.178 e. The molecule has 5 nitrogen and oxygen atoms in total. The summed E-state index contributed by atoms with van der Waals surface area (Å²) in [6, 6.07) is 7.64. The van der Waals surface area contributed by atoms with Crippen LogP contribution in [0.4, 0.5) is 0 Å². The van der Waals surface area contributed by atoms with E-state index in [1.807, 2.05) is 38.1 Å². The van der Waals surface area contributed by atoms with E-state index in [9.17, 15) is 10.2 Å². The lowest BCUT2D eigenvalue weighted by Crippen LogP contribution is -2.52. The van der Waals surface area contributed by atoms with E-state index < -0.39 is 17.2 Å². The fourth-order valence-electron chi connectivity index (χ4n) is 3.78. The van der Waals surface area contributed by atoms with Crippen molar-refractivity contribution in [1.82, 2.24) is 14.8 Å². The van der Waals surface area contributed by atoms with Crippen LogP contribution in [-0.4, -0.2) is 30.6 Å². The van der Waals surface area contributed by atoms with Gasteiger partial charge in [0.2, 0.25) is 0 Å². The minimum atomic E-state index is -1.28. The number of hydrogen-bond acceptors (Lipinski definition) is 4. The molecule has 1 fully saturated rings. The van der Waals surface area contributed by atoms with Gasteiger partial charge in [-0.25, -0.2) is 9.67 Å². The summed E-state index contributed by atoms with van der Waals surface area (Å²) in [7, 11) is 0. The number of aliphatic hydroxyl groups excluding tert-OH is 1. The van der Waals surface area contributed by atoms with Crippen LogP contribution >= 0.6 is 11.6 Å².